The third-order valence-electron chi connectivity index (χ3n) is 5.48. The summed E-state index contributed by atoms with van der Waals surface area (Å²) in [6, 6.07) is -0.572. The minimum absolute atomic E-state index is 0.0565. The Kier molecular flexibility index (Phi) is 4.77. The molecule has 8 heteroatoms. The van der Waals surface area contributed by atoms with Crippen LogP contribution in [-0.2, 0) is 20.9 Å². The molecule has 0 bridgehead atoms. The lowest BCUT2D eigenvalue weighted by molar-refractivity contribution is -0.134. The summed E-state index contributed by atoms with van der Waals surface area (Å²) in [5.74, 6) is 0.288. The molecule has 0 aromatic carbocycles. The van der Waals surface area contributed by atoms with Crippen molar-refractivity contribution in [1.82, 2.24) is 20.7 Å². The van der Waals surface area contributed by atoms with Crippen LogP contribution in [0.3, 0.4) is 0 Å². The molecule has 26 heavy (non-hydrogen) atoms. The molecule has 3 rings (SSSR count). The normalized spacial score (nSPS) is 25.2. The quantitative estimate of drug-likeness (QED) is 0.819. The van der Waals surface area contributed by atoms with Gasteiger partial charge in [0, 0.05) is 31.1 Å². The number of carbonyl (C=O) groups is 3. The zero-order chi connectivity index (χ0) is 19.1. The van der Waals surface area contributed by atoms with Crippen LogP contribution in [0.4, 0.5) is 0 Å². The lowest BCUT2D eigenvalue weighted by Gasteiger charge is -2.22. The van der Waals surface area contributed by atoms with E-state index in [0.717, 1.165) is 11.3 Å². The van der Waals surface area contributed by atoms with E-state index in [-0.39, 0.29) is 23.6 Å². The van der Waals surface area contributed by atoms with Crippen molar-refractivity contribution in [3.63, 3.8) is 0 Å². The minimum atomic E-state index is -0.643. The van der Waals surface area contributed by atoms with Crippen LogP contribution in [0, 0.1) is 25.2 Å². The van der Waals surface area contributed by atoms with E-state index < -0.39 is 11.5 Å². The number of carbonyl (C=O) groups excluding carboxylic acids is 3. The SMILES string of the molecule is Cc1noc(C)c1CNC(=O)[C@@H]1C[C@]2(CCN(C(=O)C(C)C)C2)C(=O)N1. The topological polar surface area (TPSA) is 105 Å². The number of rotatable bonds is 4. The molecule has 2 N–H and O–H groups in total. The zero-order valence-electron chi connectivity index (χ0n) is 15.7. The molecule has 0 saturated carbocycles. The van der Waals surface area contributed by atoms with Gasteiger partial charge in [0.05, 0.1) is 11.1 Å². The highest BCUT2D eigenvalue weighted by atomic mass is 16.5. The first-order chi connectivity index (χ1) is 12.2. The first-order valence-corrected chi connectivity index (χ1v) is 9.03. The van der Waals surface area contributed by atoms with Crippen LogP contribution in [0.25, 0.3) is 0 Å². The lowest BCUT2D eigenvalue weighted by atomic mass is 9.84. The van der Waals surface area contributed by atoms with Gasteiger partial charge in [-0.15, -0.1) is 0 Å². The number of likely N-dealkylation sites (tertiary alicyclic amines) is 1. The summed E-state index contributed by atoms with van der Waals surface area (Å²) in [4.78, 5) is 39.0. The van der Waals surface area contributed by atoms with Gasteiger partial charge in [-0.1, -0.05) is 19.0 Å². The lowest BCUT2D eigenvalue weighted by Crippen LogP contribution is -2.41. The summed E-state index contributed by atoms with van der Waals surface area (Å²) in [5, 5.41) is 9.53. The van der Waals surface area contributed by atoms with Crippen molar-refractivity contribution >= 4 is 17.7 Å². The summed E-state index contributed by atoms with van der Waals surface area (Å²) in [6.45, 7) is 8.61. The maximum absolute atomic E-state index is 12.5. The molecule has 8 nitrogen and oxygen atoms in total. The van der Waals surface area contributed by atoms with Gasteiger partial charge in [-0.05, 0) is 26.7 Å². The first kappa shape index (κ1) is 18.4. The van der Waals surface area contributed by atoms with Gasteiger partial charge in [0.1, 0.15) is 11.8 Å². The summed E-state index contributed by atoms with van der Waals surface area (Å²) < 4.78 is 5.09. The minimum Gasteiger partial charge on any atom is -0.361 e. The molecular formula is C18H26N4O4. The van der Waals surface area contributed by atoms with Crippen molar-refractivity contribution in [3.05, 3.63) is 17.0 Å². The monoisotopic (exact) mass is 362 g/mol. The van der Waals surface area contributed by atoms with Crippen molar-refractivity contribution in [1.29, 1.82) is 0 Å². The zero-order valence-corrected chi connectivity index (χ0v) is 15.7. The van der Waals surface area contributed by atoms with Crippen LogP contribution >= 0.6 is 0 Å². The van der Waals surface area contributed by atoms with Gasteiger partial charge in [-0.3, -0.25) is 14.4 Å². The molecule has 0 radical (unpaired) electrons. The highest BCUT2D eigenvalue weighted by Gasteiger charge is 2.53. The average molecular weight is 362 g/mol. The Bertz CT molecular complexity index is 722. The molecule has 1 aromatic heterocycles. The third-order valence-corrected chi connectivity index (χ3v) is 5.48. The predicted octanol–water partition coefficient (Wildman–Crippen LogP) is 0.671. The Morgan fingerprint density at radius 1 is 1.42 bits per heavy atom. The smallest absolute Gasteiger partial charge is 0.242 e. The van der Waals surface area contributed by atoms with E-state index in [2.05, 4.69) is 15.8 Å². The van der Waals surface area contributed by atoms with Gasteiger partial charge in [0.2, 0.25) is 17.7 Å². The molecule has 2 aliphatic rings. The van der Waals surface area contributed by atoms with Gasteiger partial charge in [-0.2, -0.15) is 0 Å². The van der Waals surface area contributed by atoms with E-state index in [9.17, 15) is 14.4 Å². The van der Waals surface area contributed by atoms with E-state index in [0.29, 0.717) is 38.2 Å². The maximum Gasteiger partial charge on any atom is 0.242 e. The summed E-state index contributed by atoms with van der Waals surface area (Å²) in [7, 11) is 0. The van der Waals surface area contributed by atoms with Crippen LogP contribution in [0.5, 0.6) is 0 Å². The molecule has 3 amide bonds. The van der Waals surface area contributed by atoms with Crippen LogP contribution in [0.1, 0.15) is 43.7 Å². The Hall–Kier alpha value is -2.38. The van der Waals surface area contributed by atoms with E-state index in [4.69, 9.17) is 4.52 Å². The molecule has 2 fully saturated rings. The highest BCUT2D eigenvalue weighted by Crippen LogP contribution is 2.40. The standard InChI is InChI=1S/C18H26N4O4/c1-10(2)16(24)22-6-5-18(9-22)7-14(20-17(18)25)15(23)19-8-13-11(3)21-26-12(13)4/h10,14H,5-9H2,1-4H3,(H,19,23)(H,20,25)/t14-,18-/m0/s1. The van der Waals surface area contributed by atoms with E-state index in [1.165, 1.54) is 0 Å². The average Bonchev–Trinajstić information content (AvgIpc) is 3.25. The first-order valence-electron chi connectivity index (χ1n) is 9.03. The van der Waals surface area contributed by atoms with Gasteiger partial charge in [0.25, 0.3) is 0 Å². The van der Waals surface area contributed by atoms with Crippen LogP contribution < -0.4 is 10.6 Å². The Labute approximate surface area is 152 Å². The van der Waals surface area contributed by atoms with Crippen LogP contribution in [0.15, 0.2) is 4.52 Å². The van der Waals surface area contributed by atoms with Crippen LogP contribution in [0.2, 0.25) is 0 Å². The van der Waals surface area contributed by atoms with Gasteiger partial charge < -0.3 is 20.1 Å². The molecular weight excluding hydrogens is 336 g/mol. The van der Waals surface area contributed by atoms with Crippen molar-refractivity contribution in [2.24, 2.45) is 11.3 Å². The van der Waals surface area contributed by atoms with Crippen LogP contribution in [-0.4, -0.2) is 46.9 Å². The predicted molar refractivity (Wildman–Crippen MR) is 92.8 cm³/mol. The number of aromatic nitrogens is 1. The summed E-state index contributed by atoms with van der Waals surface area (Å²) >= 11 is 0. The largest absolute Gasteiger partial charge is 0.361 e. The molecule has 0 unspecified atom stereocenters. The second-order valence-electron chi connectivity index (χ2n) is 7.70. The molecule has 142 valence electrons. The second-order valence-corrected chi connectivity index (χ2v) is 7.70. The molecule has 0 aliphatic carbocycles. The summed E-state index contributed by atoms with van der Waals surface area (Å²) in [5.41, 5.74) is 0.954. The number of nitrogens with one attached hydrogen (secondary N) is 2. The fourth-order valence-corrected chi connectivity index (χ4v) is 3.83. The number of hydrogen-bond donors (Lipinski definition) is 2. The highest BCUT2D eigenvalue weighted by molar-refractivity contribution is 5.95. The molecule has 1 aromatic rings. The third kappa shape index (κ3) is 3.20. The van der Waals surface area contributed by atoms with Gasteiger partial charge in [-0.25, -0.2) is 0 Å². The number of amides is 3. The Morgan fingerprint density at radius 3 is 2.77 bits per heavy atom. The number of aryl methyl sites for hydroxylation is 2. The molecule has 2 atom stereocenters. The fourth-order valence-electron chi connectivity index (χ4n) is 3.83. The van der Waals surface area contributed by atoms with Crippen molar-refractivity contribution in [2.45, 2.75) is 53.1 Å². The Balaban J connectivity index is 1.61. The van der Waals surface area contributed by atoms with Crippen molar-refractivity contribution < 1.29 is 18.9 Å². The molecule has 2 saturated heterocycles. The van der Waals surface area contributed by atoms with Gasteiger partial charge >= 0.3 is 0 Å². The van der Waals surface area contributed by atoms with E-state index in [1.807, 2.05) is 20.8 Å². The second kappa shape index (κ2) is 6.74. The van der Waals surface area contributed by atoms with Gasteiger partial charge in [0.15, 0.2) is 0 Å². The molecule has 3 heterocycles. The van der Waals surface area contributed by atoms with E-state index >= 15 is 0 Å². The number of hydrogen-bond acceptors (Lipinski definition) is 5. The Morgan fingerprint density at radius 2 is 2.15 bits per heavy atom. The summed E-state index contributed by atoms with van der Waals surface area (Å²) in [6.07, 6.45) is 1.02. The van der Waals surface area contributed by atoms with Crippen molar-refractivity contribution in [3.8, 4) is 0 Å². The maximum atomic E-state index is 12.5. The van der Waals surface area contributed by atoms with E-state index in [1.54, 1.807) is 11.8 Å². The van der Waals surface area contributed by atoms with Crippen molar-refractivity contribution in [2.75, 3.05) is 13.1 Å². The number of nitrogens with zero attached hydrogens (tertiary/aromatic N) is 2. The fraction of sp³-hybridized carbons (Fsp3) is 0.667. The molecule has 1 spiro atoms. The molecule has 2 aliphatic heterocycles.